The Morgan fingerprint density at radius 2 is 2.03 bits per heavy atom. The summed E-state index contributed by atoms with van der Waals surface area (Å²) in [4.78, 5) is 16.7. The number of carbonyl (C=O) groups excluding carboxylic acids is 1. The van der Waals surface area contributed by atoms with Gasteiger partial charge in [-0.15, -0.1) is 11.3 Å². The van der Waals surface area contributed by atoms with Crippen LogP contribution in [0.1, 0.15) is 11.1 Å². The van der Waals surface area contributed by atoms with Crippen molar-refractivity contribution < 1.29 is 9.53 Å². The fourth-order valence-electron chi connectivity index (χ4n) is 3.41. The number of hydrogen-bond donors (Lipinski definition) is 2. The van der Waals surface area contributed by atoms with Gasteiger partial charge in [0.1, 0.15) is 5.75 Å². The highest BCUT2D eigenvalue weighted by Gasteiger charge is 2.07. The first-order chi connectivity index (χ1) is 14.3. The molecule has 2 aromatic heterocycles. The normalized spacial score (nSPS) is 11.2. The molecule has 0 aliphatic carbocycles. The van der Waals surface area contributed by atoms with Crippen LogP contribution >= 0.6 is 11.3 Å². The Kier molecular flexibility index (Phi) is 5.77. The summed E-state index contributed by atoms with van der Waals surface area (Å²) in [5, 5.41) is 6.09. The molecule has 0 saturated heterocycles. The molecule has 0 fully saturated rings. The van der Waals surface area contributed by atoms with E-state index >= 15 is 0 Å². The molecule has 0 radical (unpaired) electrons. The van der Waals surface area contributed by atoms with Crippen molar-refractivity contribution in [1.29, 1.82) is 0 Å². The number of methoxy groups -OCH3 is 1. The highest BCUT2D eigenvalue weighted by molar-refractivity contribution is 7.13. The zero-order valence-electron chi connectivity index (χ0n) is 16.1. The van der Waals surface area contributed by atoms with Gasteiger partial charge in [-0.3, -0.25) is 4.79 Å². The number of amides is 1. The van der Waals surface area contributed by atoms with Crippen molar-refractivity contribution in [3.8, 4) is 16.2 Å². The lowest BCUT2D eigenvalue weighted by atomic mass is 10.0. The van der Waals surface area contributed by atoms with E-state index in [-0.39, 0.29) is 5.91 Å². The van der Waals surface area contributed by atoms with E-state index < -0.39 is 0 Å². The molecule has 4 rings (SSSR count). The van der Waals surface area contributed by atoms with Crippen LogP contribution in [0.15, 0.2) is 72.3 Å². The average Bonchev–Trinajstić information content (AvgIpc) is 3.42. The van der Waals surface area contributed by atoms with Gasteiger partial charge in [-0.05, 0) is 41.1 Å². The summed E-state index contributed by atoms with van der Waals surface area (Å²) in [5.74, 6) is 0.687. The molecule has 4 aromatic rings. The second kappa shape index (κ2) is 8.80. The van der Waals surface area contributed by atoms with Gasteiger partial charge in [0, 0.05) is 34.6 Å². The molecular weight excluding hydrogens is 380 g/mol. The van der Waals surface area contributed by atoms with E-state index in [4.69, 9.17) is 4.74 Å². The number of fused-ring (bicyclic) bond motifs is 1. The van der Waals surface area contributed by atoms with Gasteiger partial charge in [0.2, 0.25) is 5.91 Å². The Hall–Kier alpha value is -3.31. The Labute approximate surface area is 173 Å². The second-order valence-corrected chi connectivity index (χ2v) is 7.58. The predicted molar refractivity (Wildman–Crippen MR) is 120 cm³/mol. The number of H-pyrrole nitrogens is 1. The lowest BCUT2D eigenvalue weighted by Crippen LogP contribution is -2.23. The van der Waals surface area contributed by atoms with E-state index in [9.17, 15) is 4.79 Å². The van der Waals surface area contributed by atoms with E-state index in [2.05, 4.69) is 46.0 Å². The summed E-state index contributed by atoms with van der Waals surface area (Å²) in [7, 11) is 1.65. The number of nitrogens with one attached hydrogen (secondary N) is 2. The molecule has 0 bridgehead atoms. The first kappa shape index (κ1) is 19.0. The first-order valence-corrected chi connectivity index (χ1v) is 10.4. The third kappa shape index (κ3) is 4.25. The molecule has 2 N–H and O–H groups in total. The number of ether oxygens (including phenoxy) is 1. The monoisotopic (exact) mass is 402 g/mol. The van der Waals surface area contributed by atoms with Crippen LogP contribution in [0.3, 0.4) is 0 Å². The fraction of sp³-hybridized carbons (Fsp3) is 0.125. The number of rotatable bonds is 7. The van der Waals surface area contributed by atoms with Gasteiger partial charge < -0.3 is 15.0 Å². The smallest absolute Gasteiger partial charge is 0.244 e. The van der Waals surface area contributed by atoms with Crippen molar-refractivity contribution in [1.82, 2.24) is 10.3 Å². The van der Waals surface area contributed by atoms with Crippen molar-refractivity contribution in [3.63, 3.8) is 0 Å². The number of thiophene rings is 1. The molecule has 1 amide bonds. The van der Waals surface area contributed by atoms with E-state index in [0.29, 0.717) is 6.54 Å². The van der Waals surface area contributed by atoms with Gasteiger partial charge in [0.05, 0.1) is 12.6 Å². The minimum atomic E-state index is -0.101. The highest BCUT2D eigenvalue weighted by Crippen LogP contribution is 2.28. The summed E-state index contributed by atoms with van der Waals surface area (Å²) in [6, 6.07) is 18.4. The van der Waals surface area contributed by atoms with Gasteiger partial charge in [-0.25, -0.2) is 0 Å². The maximum Gasteiger partial charge on any atom is 0.244 e. The number of carbonyl (C=O) groups is 1. The Bertz CT molecular complexity index is 1140. The van der Waals surface area contributed by atoms with Crippen LogP contribution in [0.4, 0.5) is 0 Å². The fourth-order valence-corrected chi connectivity index (χ4v) is 4.20. The summed E-state index contributed by atoms with van der Waals surface area (Å²) >= 11 is 1.73. The molecule has 29 heavy (non-hydrogen) atoms. The van der Waals surface area contributed by atoms with E-state index in [0.717, 1.165) is 28.6 Å². The molecule has 2 heterocycles. The molecule has 5 heteroatoms. The van der Waals surface area contributed by atoms with Crippen LogP contribution < -0.4 is 10.1 Å². The third-order valence-electron chi connectivity index (χ3n) is 4.84. The van der Waals surface area contributed by atoms with E-state index in [1.807, 2.05) is 36.5 Å². The molecule has 0 spiro atoms. The zero-order chi connectivity index (χ0) is 20.1. The van der Waals surface area contributed by atoms with Crippen LogP contribution in [0.2, 0.25) is 0 Å². The standard InChI is InChI=1S/C24H22N2O2S/c1-28-21-9-4-8-20-18(16-26-24(20)21)11-12-23(27)25-14-13-17-6-2-3-7-19(17)22-10-5-15-29-22/h2-12,15-16,26H,13-14H2,1H3,(H,25,27)/b12-11+. The summed E-state index contributed by atoms with van der Waals surface area (Å²) in [5.41, 5.74) is 4.36. The summed E-state index contributed by atoms with van der Waals surface area (Å²) < 4.78 is 5.36. The first-order valence-electron chi connectivity index (χ1n) is 9.48. The Morgan fingerprint density at radius 1 is 1.14 bits per heavy atom. The quantitative estimate of drug-likeness (QED) is 0.413. The number of hydrogen-bond acceptors (Lipinski definition) is 3. The molecule has 4 nitrogen and oxygen atoms in total. The van der Waals surface area contributed by atoms with E-state index in [1.165, 1.54) is 16.0 Å². The molecule has 2 aromatic carbocycles. The predicted octanol–water partition coefficient (Wildman–Crippen LogP) is 5.28. The Balaban J connectivity index is 1.38. The van der Waals surface area contributed by atoms with Crippen LogP contribution in [0, 0.1) is 0 Å². The molecule has 0 aliphatic heterocycles. The van der Waals surface area contributed by atoms with Crippen molar-refractivity contribution in [3.05, 3.63) is 83.4 Å². The lowest BCUT2D eigenvalue weighted by molar-refractivity contribution is -0.116. The summed E-state index contributed by atoms with van der Waals surface area (Å²) in [6.45, 7) is 0.591. The van der Waals surface area contributed by atoms with Crippen LogP contribution in [0.25, 0.3) is 27.4 Å². The molecule has 0 unspecified atom stereocenters. The van der Waals surface area contributed by atoms with Gasteiger partial charge in [-0.2, -0.15) is 0 Å². The third-order valence-corrected chi connectivity index (χ3v) is 5.74. The molecular formula is C24H22N2O2S. The SMILES string of the molecule is COc1cccc2c(/C=C/C(=O)NCCc3ccccc3-c3cccs3)c[nH]c12. The zero-order valence-corrected chi connectivity index (χ0v) is 17.0. The van der Waals surface area contributed by atoms with Crippen LogP contribution in [0.5, 0.6) is 5.75 Å². The average molecular weight is 403 g/mol. The van der Waals surface area contributed by atoms with Crippen molar-refractivity contribution in [2.24, 2.45) is 0 Å². The molecule has 0 atom stereocenters. The topological polar surface area (TPSA) is 54.1 Å². The molecule has 0 saturated carbocycles. The second-order valence-electron chi connectivity index (χ2n) is 6.64. The largest absolute Gasteiger partial charge is 0.495 e. The minimum absolute atomic E-state index is 0.101. The Morgan fingerprint density at radius 3 is 2.86 bits per heavy atom. The number of benzene rings is 2. The van der Waals surface area contributed by atoms with Gasteiger partial charge in [0.25, 0.3) is 0 Å². The van der Waals surface area contributed by atoms with Crippen molar-refractivity contribution >= 4 is 34.2 Å². The van der Waals surface area contributed by atoms with Gasteiger partial charge in [-0.1, -0.05) is 42.5 Å². The van der Waals surface area contributed by atoms with Gasteiger partial charge >= 0.3 is 0 Å². The van der Waals surface area contributed by atoms with Gasteiger partial charge in [0.15, 0.2) is 0 Å². The maximum absolute atomic E-state index is 12.3. The van der Waals surface area contributed by atoms with Crippen LogP contribution in [-0.2, 0) is 11.2 Å². The van der Waals surface area contributed by atoms with Crippen LogP contribution in [-0.4, -0.2) is 24.5 Å². The highest BCUT2D eigenvalue weighted by atomic mass is 32.1. The number of para-hydroxylation sites is 1. The molecule has 146 valence electrons. The van der Waals surface area contributed by atoms with Crippen molar-refractivity contribution in [2.75, 3.05) is 13.7 Å². The minimum Gasteiger partial charge on any atom is -0.495 e. The number of aromatic amines is 1. The van der Waals surface area contributed by atoms with E-state index in [1.54, 1.807) is 24.5 Å². The number of aromatic nitrogens is 1. The summed E-state index contributed by atoms with van der Waals surface area (Å²) in [6.07, 6.45) is 6.08. The molecule has 0 aliphatic rings. The maximum atomic E-state index is 12.3. The van der Waals surface area contributed by atoms with Crippen molar-refractivity contribution in [2.45, 2.75) is 6.42 Å². The lowest BCUT2D eigenvalue weighted by Gasteiger charge is -2.08.